The second kappa shape index (κ2) is 8.30. The Labute approximate surface area is 156 Å². The van der Waals surface area contributed by atoms with Crippen LogP contribution >= 0.6 is 0 Å². The molecule has 0 aliphatic carbocycles. The summed E-state index contributed by atoms with van der Waals surface area (Å²) in [6.07, 6.45) is 3.66. The van der Waals surface area contributed by atoms with Crippen molar-refractivity contribution in [2.75, 3.05) is 33.9 Å². The molecule has 3 rings (SSSR count). The van der Waals surface area contributed by atoms with Crippen LogP contribution in [0.3, 0.4) is 0 Å². The number of rotatable bonds is 6. The van der Waals surface area contributed by atoms with Crippen molar-refractivity contribution in [3.8, 4) is 11.5 Å². The summed E-state index contributed by atoms with van der Waals surface area (Å²) >= 11 is 0. The molecule has 2 aliphatic heterocycles. The molecule has 1 saturated heterocycles. The van der Waals surface area contributed by atoms with Gasteiger partial charge in [0.2, 0.25) is 0 Å². The summed E-state index contributed by atoms with van der Waals surface area (Å²) in [5.41, 5.74) is 2.67. The van der Waals surface area contributed by atoms with E-state index in [4.69, 9.17) is 14.2 Å². The highest BCUT2D eigenvalue weighted by molar-refractivity contribution is 5.69. The lowest BCUT2D eigenvalue weighted by Crippen LogP contribution is -2.46. The number of nitrogens with zero attached hydrogens (tertiary/aromatic N) is 1. The molecular formula is C21H31NO4. The zero-order chi connectivity index (χ0) is 18.7. The Morgan fingerprint density at radius 3 is 2.54 bits per heavy atom. The summed E-state index contributed by atoms with van der Waals surface area (Å²) in [6.45, 7) is 6.68. The summed E-state index contributed by atoms with van der Waals surface area (Å²) in [4.78, 5) is 14.7. The van der Waals surface area contributed by atoms with Gasteiger partial charge in [0.25, 0.3) is 0 Å². The maximum atomic E-state index is 12.1. The summed E-state index contributed by atoms with van der Waals surface area (Å²) in [7, 11) is 3.36. The molecule has 26 heavy (non-hydrogen) atoms. The molecular weight excluding hydrogens is 330 g/mol. The molecule has 0 amide bonds. The molecule has 3 atom stereocenters. The van der Waals surface area contributed by atoms with Gasteiger partial charge in [0, 0.05) is 25.6 Å². The lowest BCUT2D eigenvalue weighted by atomic mass is 9.74. The molecule has 0 unspecified atom stereocenters. The van der Waals surface area contributed by atoms with Crippen LogP contribution in [0.4, 0.5) is 0 Å². The molecule has 0 bridgehead atoms. The van der Waals surface area contributed by atoms with Crippen molar-refractivity contribution in [2.24, 2.45) is 11.8 Å². The quantitative estimate of drug-likeness (QED) is 0.725. The second-order valence-electron chi connectivity index (χ2n) is 7.34. The Balaban J connectivity index is 1.87. The van der Waals surface area contributed by atoms with E-state index in [1.807, 2.05) is 6.92 Å². The first-order chi connectivity index (χ1) is 12.6. The first kappa shape index (κ1) is 19.0. The van der Waals surface area contributed by atoms with Crippen LogP contribution in [0, 0.1) is 11.8 Å². The number of methoxy groups -OCH3 is 2. The van der Waals surface area contributed by atoms with Gasteiger partial charge in [0.05, 0.1) is 20.8 Å². The standard InChI is InChI=1S/C21H31NO4/c1-5-14-13-22-8-7-15-10-19(24-3)20(25-4)12-17(15)18(22)9-16(14)11-21(23)26-6-2/h10,12,14,16,18H,5-9,11,13H2,1-4H3/t14-,16+,18-/m1/s1. The number of carbonyl (C=O) groups is 1. The second-order valence-corrected chi connectivity index (χ2v) is 7.34. The molecule has 0 aromatic heterocycles. The van der Waals surface area contributed by atoms with Gasteiger partial charge in [0.1, 0.15) is 0 Å². The van der Waals surface area contributed by atoms with Crippen LogP contribution in [0.15, 0.2) is 12.1 Å². The predicted octanol–water partition coefficient (Wildman–Crippen LogP) is 3.60. The highest BCUT2D eigenvalue weighted by atomic mass is 16.5. The molecule has 1 fully saturated rings. The van der Waals surface area contributed by atoms with Gasteiger partial charge in [-0.15, -0.1) is 0 Å². The summed E-state index contributed by atoms with van der Waals surface area (Å²) in [5, 5.41) is 0. The Hall–Kier alpha value is -1.75. The number of hydrogen-bond donors (Lipinski definition) is 0. The van der Waals surface area contributed by atoms with E-state index in [-0.39, 0.29) is 5.97 Å². The third kappa shape index (κ3) is 3.68. The molecule has 0 spiro atoms. The van der Waals surface area contributed by atoms with E-state index < -0.39 is 0 Å². The number of ether oxygens (including phenoxy) is 3. The average molecular weight is 361 g/mol. The van der Waals surface area contributed by atoms with Crippen LogP contribution < -0.4 is 9.47 Å². The smallest absolute Gasteiger partial charge is 0.306 e. The van der Waals surface area contributed by atoms with E-state index in [0.29, 0.717) is 30.9 Å². The number of fused-ring (bicyclic) bond motifs is 3. The van der Waals surface area contributed by atoms with Crippen LogP contribution in [0.5, 0.6) is 11.5 Å². The van der Waals surface area contributed by atoms with E-state index in [0.717, 1.165) is 43.9 Å². The van der Waals surface area contributed by atoms with Crippen LogP contribution in [-0.2, 0) is 16.0 Å². The maximum absolute atomic E-state index is 12.1. The first-order valence-electron chi connectivity index (χ1n) is 9.75. The van der Waals surface area contributed by atoms with E-state index >= 15 is 0 Å². The Morgan fingerprint density at radius 1 is 1.15 bits per heavy atom. The monoisotopic (exact) mass is 361 g/mol. The fraction of sp³-hybridized carbons (Fsp3) is 0.667. The van der Waals surface area contributed by atoms with Crippen molar-refractivity contribution >= 4 is 5.97 Å². The van der Waals surface area contributed by atoms with E-state index in [1.165, 1.54) is 11.1 Å². The van der Waals surface area contributed by atoms with Gasteiger partial charge in [-0.2, -0.15) is 0 Å². The molecule has 0 saturated carbocycles. The highest BCUT2D eigenvalue weighted by Crippen LogP contribution is 2.45. The normalized spacial score (nSPS) is 25.2. The van der Waals surface area contributed by atoms with Gasteiger partial charge in [-0.3, -0.25) is 9.69 Å². The molecule has 0 N–H and O–H groups in total. The first-order valence-corrected chi connectivity index (χ1v) is 9.75. The average Bonchev–Trinajstić information content (AvgIpc) is 2.66. The maximum Gasteiger partial charge on any atom is 0.306 e. The summed E-state index contributed by atoms with van der Waals surface area (Å²) in [5.74, 6) is 2.45. The van der Waals surface area contributed by atoms with E-state index in [1.54, 1.807) is 14.2 Å². The molecule has 5 heteroatoms. The van der Waals surface area contributed by atoms with Gasteiger partial charge >= 0.3 is 5.97 Å². The van der Waals surface area contributed by atoms with Crippen molar-refractivity contribution in [1.82, 2.24) is 4.90 Å². The van der Waals surface area contributed by atoms with Crippen LogP contribution in [0.1, 0.15) is 50.3 Å². The fourth-order valence-electron chi connectivity index (χ4n) is 4.65. The van der Waals surface area contributed by atoms with Crippen molar-refractivity contribution in [2.45, 2.75) is 45.6 Å². The molecule has 2 heterocycles. The molecule has 2 aliphatic rings. The largest absolute Gasteiger partial charge is 0.493 e. The summed E-state index contributed by atoms with van der Waals surface area (Å²) < 4.78 is 16.2. The van der Waals surface area contributed by atoms with Crippen molar-refractivity contribution < 1.29 is 19.0 Å². The van der Waals surface area contributed by atoms with Crippen molar-refractivity contribution in [3.63, 3.8) is 0 Å². The Bertz CT molecular complexity index is 645. The Morgan fingerprint density at radius 2 is 1.88 bits per heavy atom. The minimum absolute atomic E-state index is 0.0623. The van der Waals surface area contributed by atoms with Crippen molar-refractivity contribution in [3.05, 3.63) is 23.3 Å². The predicted molar refractivity (Wildman–Crippen MR) is 101 cm³/mol. The van der Waals surface area contributed by atoms with E-state index in [9.17, 15) is 4.79 Å². The molecule has 144 valence electrons. The number of carbonyl (C=O) groups excluding carboxylic acids is 1. The van der Waals surface area contributed by atoms with Gasteiger partial charge in [0.15, 0.2) is 11.5 Å². The SMILES string of the molecule is CCOC(=O)C[C@@H]1C[C@@H]2c3cc(OC)c(OC)cc3CCN2C[C@H]1CC. The molecule has 1 aromatic carbocycles. The Kier molecular flexibility index (Phi) is 6.07. The van der Waals surface area contributed by atoms with E-state index in [2.05, 4.69) is 24.0 Å². The molecule has 0 radical (unpaired) electrons. The highest BCUT2D eigenvalue weighted by Gasteiger charge is 2.39. The van der Waals surface area contributed by atoms with Gasteiger partial charge < -0.3 is 14.2 Å². The van der Waals surface area contributed by atoms with Gasteiger partial charge in [-0.05, 0) is 54.9 Å². The lowest BCUT2D eigenvalue weighted by molar-refractivity contribution is -0.145. The number of hydrogen-bond acceptors (Lipinski definition) is 5. The number of piperidine rings is 1. The third-order valence-electron chi connectivity index (χ3n) is 6.03. The zero-order valence-electron chi connectivity index (χ0n) is 16.4. The zero-order valence-corrected chi connectivity index (χ0v) is 16.4. The fourth-order valence-corrected chi connectivity index (χ4v) is 4.65. The third-order valence-corrected chi connectivity index (χ3v) is 6.03. The minimum Gasteiger partial charge on any atom is -0.493 e. The number of esters is 1. The van der Waals surface area contributed by atoms with Crippen LogP contribution in [-0.4, -0.2) is 44.8 Å². The molecule has 1 aromatic rings. The number of benzene rings is 1. The van der Waals surface area contributed by atoms with Crippen LogP contribution in [0.2, 0.25) is 0 Å². The van der Waals surface area contributed by atoms with Crippen molar-refractivity contribution in [1.29, 1.82) is 0 Å². The van der Waals surface area contributed by atoms with Crippen LogP contribution in [0.25, 0.3) is 0 Å². The topological polar surface area (TPSA) is 48.0 Å². The minimum atomic E-state index is -0.0623. The van der Waals surface area contributed by atoms with Gasteiger partial charge in [-0.1, -0.05) is 13.3 Å². The summed E-state index contributed by atoms with van der Waals surface area (Å²) in [6, 6.07) is 4.61. The lowest BCUT2D eigenvalue weighted by Gasteiger charge is -2.47. The molecule has 5 nitrogen and oxygen atoms in total. The van der Waals surface area contributed by atoms with Gasteiger partial charge in [-0.25, -0.2) is 0 Å².